The summed E-state index contributed by atoms with van der Waals surface area (Å²) in [5.41, 5.74) is 5.94. The summed E-state index contributed by atoms with van der Waals surface area (Å²) in [5.74, 6) is 1.24. The number of rotatable bonds is 2. The Morgan fingerprint density at radius 1 is 1.35 bits per heavy atom. The van der Waals surface area contributed by atoms with Gasteiger partial charge in [0.25, 0.3) is 0 Å². The number of hydrogen-bond acceptors (Lipinski definition) is 3. The zero-order valence-electron chi connectivity index (χ0n) is 13.8. The molecule has 0 spiro atoms. The summed E-state index contributed by atoms with van der Waals surface area (Å²) >= 11 is 0. The molecule has 0 bridgehead atoms. The molecule has 0 saturated carbocycles. The Morgan fingerprint density at radius 2 is 2.13 bits per heavy atom. The third kappa shape index (κ3) is 1.80. The van der Waals surface area contributed by atoms with E-state index in [-0.39, 0.29) is 0 Å². The zero-order chi connectivity index (χ0) is 16.1. The second-order valence-corrected chi connectivity index (χ2v) is 6.37. The fourth-order valence-corrected chi connectivity index (χ4v) is 3.75. The molecule has 3 aromatic rings. The quantitative estimate of drug-likeness (QED) is 0.723. The van der Waals surface area contributed by atoms with Gasteiger partial charge in [-0.3, -0.25) is 4.40 Å². The van der Waals surface area contributed by atoms with Crippen LogP contribution in [0.4, 0.5) is 5.82 Å². The molecule has 1 atom stereocenters. The molecule has 0 unspecified atom stereocenters. The zero-order valence-corrected chi connectivity index (χ0v) is 13.8. The Kier molecular flexibility index (Phi) is 3.05. The topological polar surface area (TPSA) is 44.3 Å². The molecule has 4 heteroatoms. The van der Waals surface area contributed by atoms with Crippen molar-refractivity contribution < 1.29 is 0 Å². The highest BCUT2D eigenvalue weighted by molar-refractivity contribution is 5.86. The van der Waals surface area contributed by atoms with Crippen LogP contribution >= 0.6 is 0 Å². The van der Waals surface area contributed by atoms with Crippen LogP contribution in [0.1, 0.15) is 37.0 Å². The number of hydrogen-bond donors (Lipinski definition) is 0. The van der Waals surface area contributed by atoms with Crippen LogP contribution in [0.2, 0.25) is 0 Å². The molecular formula is C19H20N4. The predicted molar refractivity (Wildman–Crippen MR) is 93.0 cm³/mol. The maximum Gasteiger partial charge on any atom is 0.157 e. The van der Waals surface area contributed by atoms with Crippen LogP contribution in [0.25, 0.3) is 16.7 Å². The van der Waals surface area contributed by atoms with E-state index in [1.165, 1.54) is 11.4 Å². The molecule has 116 valence electrons. The molecule has 2 aromatic heterocycles. The van der Waals surface area contributed by atoms with Crippen molar-refractivity contribution in [2.45, 2.75) is 39.7 Å². The van der Waals surface area contributed by atoms with Crippen LogP contribution in [0.15, 0.2) is 24.3 Å². The van der Waals surface area contributed by atoms with Crippen molar-refractivity contribution in [2.75, 3.05) is 11.4 Å². The van der Waals surface area contributed by atoms with E-state index in [0.29, 0.717) is 11.6 Å². The first kappa shape index (κ1) is 14.1. The van der Waals surface area contributed by atoms with Crippen molar-refractivity contribution in [2.24, 2.45) is 0 Å². The van der Waals surface area contributed by atoms with E-state index in [1.807, 2.05) is 18.2 Å². The van der Waals surface area contributed by atoms with Crippen molar-refractivity contribution >= 4 is 22.5 Å². The molecule has 0 saturated heterocycles. The smallest absolute Gasteiger partial charge is 0.157 e. The van der Waals surface area contributed by atoms with Crippen molar-refractivity contribution in [3.05, 3.63) is 41.0 Å². The molecular weight excluding hydrogens is 284 g/mol. The molecule has 1 aromatic carbocycles. The number of para-hydroxylation sites is 2. The molecule has 1 aliphatic heterocycles. The third-order valence-electron chi connectivity index (χ3n) is 5.20. The van der Waals surface area contributed by atoms with Gasteiger partial charge in [-0.15, -0.1) is 0 Å². The first-order valence-electron chi connectivity index (χ1n) is 8.26. The van der Waals surface area contributed by atoms with Crippen molar-refractivity contribution in [1.82, 2.24) is 9.38 Å². The number of imidazole rings is 1. The second-order valence-electron chi connectivity index (χ2n) is 6.37. The normalized spacial score (nSPS) is 15.1. The minimum absolute atomic E-state index is 0.480. The van der Waals surface area contributed by atoms with E-state index >= 15 is 0 Å². The lowest BCUT2D eigenvalue weighted by Crippen LogP contribution is -2.31. The molecule has 0 aliphatic carbocycles. The summed E-state index contributed by atoms with van der Waals surface area (Å²) < 4.78 is 2.20. The van der Waals surface area contributed by atoms with Gasteiger partial charge >= 0.3 is 0 Å². The number of aromatic nitrogens is 2. The summed E-state index contributed by atoms with van der Waals surface area (Å²) in [5, 5.41) is 9.68. The molecule has 0 fully saturated rings. The fourth-order valence-electron chi connectivity index (χ4n) is 3.75. The van der Waals surface area contributed by atoms with Crippen LogP contribution in [0.5, 0.6) is 0 Å². The molecule has 0 radical (unpaired) electrons. The van der Waals surface area contributed by atoms with Crippen molar-refractivity contribution in [3.8, 4) is 6.07 Å². The first-order chi connectivity index (χ1) is 11.2. The van der Waals surface area contributed by atoms with Crippen LogP contribution in [-0.2, 0) is 6.42 Å². The third-order valence-corrected chi connectivity index (χ3v) is 5.20. The average Bonchev–Trinajstić information content (AvgIpc) is 3.15. The van der Waals surface area contributed by atoms with E-state index in [9.17, 15) is 5.26 Å². The predicted octanol–water partition coefficient (Wildman–Crippen LogP) is 3.83. The highest BCUT2D eigenvalue weighted by atomic mass is 15.3. The van der Waals surface area contributed by atoms with Gasteiger partial charge in [-0.25, -0.2) is 4.98 Å². The largest absolute Gasteiger partial charge is 0.354 e. The Bertz CT molecular complexity index is 961. The minimum atomic E-state index is 0.480. The summed E-state index contributed by atoms with van der Waals surface area (Å²) in [6, 6.07) is 11.0. The van der Waals surface area contributed by atoms with Gasteiger partial charge in [-0.2, -0.15) is 5.26 Å². The van der Waals surface area contributed by atoms with Gasteiger partial charge < -0.3 is 4.90 Å². The van der Waals surface area contributed by atoms with E-state index in [0.717, 1.165) is 41.6 Å². The lowest BCUT2D eigenvalue weighted by molar-refractivity contribution is 0.629. The molecule has 4 nitrogen and oxygen atoms in total. The fraction of sp³-hybridized carbons (Fsp3) is 0.368. The summed E-state index contributed by atoms with van der Waals surface area (Å²) in [6.07, 6.45) is 2.11. The number of nitrogens with zero attached hydrogens (tertiary/aromatic N) is 4. The maximum absolute atomic E-state index is 9.68. The van der Waals surface area contributed by atoms with E-state index in [2.05, 4.69) is 42.2 Å². The Morgan fingerprint density at radius 3 is 2.87 bits per heavy atom. The summed E-state index contributed by atoms with van der Waals surface area (Å²) in [7, 11) is 0. The van der Waals surface area contributed by atoms with Crippen LogP contribution in [0.3, 0.4) is 0 Å². The molecule has 23 heavy (non-hydrogen) atoms. The van der Waals surface area contributed by atoms with Crippen molar-refractivity contribution in [3.63, 3.8) is 0 Å². The van der Waals surface area contributed by atoms with E-state index in [4.69, 9.17) is 4.98 Å². The molecule has 3 heterocycles. The van der Waals surface area contributed by atoms with Gasteiger partial charge in [0, 0.05) is 12.6 Å². The minimum Gasteiger partial charge on any atom is -0.354 e. The highest BCUT2D eigenvalue weighted by Gasteiger charge is 2.30. The van der Waals surface area contributed by atoms with E-state index < -0.39 is 0 Å². The van der Waals surface area contributed by atoms with Gasteiger partial charge in [-0.05, 0) is 49.9 Å². The highest BCUT2D eigenvalue weighted by Crippen LogP contribution is 2.38. The maximum atomic E-state index is 9.68. The van der Waals surface area contributed by atoms with Crippen LogP contribution in [-0.4, -0.2) is 22.0 Å². The number of anilines is 1. The van der Waals surface area contributed by atoms with Gasteiger partial charge in [-0.1, -0.05) is 19.1 Å². The number of fused-ring (bicyclic) bond motifs is 5. The number of nitriles is 1. The second kappa shape index (κ2) is 4.99. The monoisotopic (exact) mass is 304 g/mol. The van der Waals surface area contributed by atoms with Gasteiger partial charge in [0.2, 0.25) is 0 Å². The summed E-state index contributed by atoms with van der Waals surface area (Å²) in [4.78, 5) is 7.23. The summed E-state index contributed by atoms with van der Waals surface area (Å²) in [6.45, 7) is 7.58. The first-order valence-corrected chi connectivity index (χ1v) is 8.26. The number of benzene rings is 1. The van der Waals surface area contributed by atoms with Gasteiger partial charge in [0.15, 0.2) is 5.65 Å². The van der Waals surface area contributed by atoms with Crippen LogP contribution in [0, 0.1) is 18.3 Å². The van der Waals surface area contributed by atoms with Crippen molar-refractivity contribution in [1.29, 1.82) is 5.26 Å². The lowest BCUT2D eigenvalue weighted by atomic mass is 10.0. The number of pyridine rings is 1. The molecule has 4 rings (SSSR count). The van der Waals surface area contributed by atoms with Gasteiger partial charge in [0.05, 0.1) is 16.6 Å². The average molecular weight is 304 g/mol. The Hall–Kier alpha value is -2.54. The standard InChI is InChI=1S/C19H20N4/c1-4-12(2)22-10-9-14-13(3)15(11-20)18-21-16-7-5-6-8-17(16)23(18)19(14)22/h5-8,12H,4,9-10H2,1-3H3/t12-/m0/s1. The lowest BCUT2D eigenvalue weighted by Gasteiger charge is -2.27. The molecule has 0 amide bonds. The Balaban J connectivity index is 2.19. The SMILES string of the molecule is CC[C@H](C)N1CCc2c(C)c(C#N)c3nc4ccccc4n3c21. The molecule has 0 N–H and O–H groups in total. The van der Waals surface area contributed by atoms with Crippen LogP contribution < -0.4 is 4.90 Å². The Labute approximate surface area is 136 Å². The molecule has 1 aliphatic rings. The van der Waals surface area contributed by atoms with Gasteiger partial charge in [0.1, 0.15) is 11.9 Å². The van der Waals surface area contributed by atoms with E-state index in [1.54, 1.807) is 0 Å².